The molecule has 20 heavy (non-hydrogen) atoms. The largest absolute Gasteiger partial charge is 0.481 e. The molecule has 0 aliphatic carbocycles. The number of non-ortho nitro benzene ring substituents is 1. The molecule has 0 amide bonds. The van der Waals surface area contributed by atoms with E-state index in [-0.39, 0.29) is 30.3 Å². The molecule has 0 aliphatic heterocycles. The molecule has 8 heteroatoms. The summed E-state index contributed by atoms with van der Waals surface area (Å²) in [5.41, 5.74) is 1.20. The third-order valence-electron chi connectivity index (χ3n) is 2.67. The summed E-state index contributed by atoms with van der Waals surface area (Å²) >= 11 is 0. The summed E-state index contributed by atoms with van der Waals surface area (Å²) in [6, 6.07) is 4.29. The Morgan fingerprint density at radius 1 is 1.45 bits per heavy atom. The number of aryl methyl sites for hydroxylation is 2. The first-order valence-corrected chi connectivity index (χ1v) is 5.77. The topological polar surface area (TPSA) is 119 Å². The van der Waals surface area contributed by atoms with E-state index < -0.39 is 10.9 Å². The van der Waals surface area contributed by atoms with Crippen molar-refractivity contribution in [3.05, 3.63) is 39.8 Å². The Morgan fingerprint density at radius 2 is 2.20 bits per heavy atom. The maximum Gasteiger partial charge on any atom is 0.303 e. The van der Waals surface area contributed by atoms with Crippen molar-refractivity contribution in [3.8, 4) is 11.5 Å². The number of aromatic nitrogens is 2. The van der Waals surface area contributed by atoms with Gasteiger partial charge in [0.15, 0.2) is 0 Å². The van der Waals surface area contributed by atoms with Crippen LogP contribution in [0.3, 0.4) is 0 Å². The van der Waals surface area contributed by atoms with Gasteiger partial charge >= 0.3 is 5.97 Å². The zero-order chi connectivity index (χ0) is 14.7. The minimum atomic E-state index is -0.948. The minimum absolute atomic E-state index is 0.0168. The maximum absolute atomic E-state index is 10.7. The minimum Gasteiger partial charge on any atom is -0.481 e. The second-order valence-electron chi connectivity index (χ2n) is 4.15. The summed E-state index contributed by atoms with van der Waals surface area (Å²) in [5.74, 6) is -0.505. The Labute approximate surface area is 113 Å². The quantitative estimate of drug-likeness (QED) is 0.655. The van der Waals surface area contributed by atoms with E-state index in [1.807, 2.05) is 0 Å². The summed E-state index contributed by atoms with van der Waals surface area (Å²) in [6.45, 7) is 1.70. The summed E-state index contributed by atoms with van der Waals surface area (Å²) in [6.07, 6.45) is 0.0508. The van der Waals surface area contributed by atoms with Crippen molar-refractivity contribution in [2.24, 2.45) is 0 Å². The fraction of sp³-hybridized carbons (Fsp3) is 0.250. The molecule has 104 valence electrons. The molecule has 2 rings (SSSR count). The van der Waals surface area contributed by atoms with E-state index in [1.165, 1.54) is 18.2 Å². The molecule has 0 aliphatic rings. The molecule has 8 nitrogen and oxygen atoms in total. The lowest BCUT2D eigenvalue weighted by Gasteiger charge is -2.00. The Hall–Kier alpha value is -2.77. The molecule has 0 radical (unpaired) electrons. The molecule has 0 spiro atoms. The summed E-state index contributed by atoms with van der Waals surface area (Å²) in [4.78, 5) is 20.6. The average Bonchev–Trinajstić information content (AvgIpc) is 2.84. The number of benzene rings is 1. The van der Waals surface area contributed by atoms with Crippen LogP contribution in [0, 0.1) is 17.0 Å². The fourth-order valence-electron chi connectivity index (χ4n) is 1.68. The van der Waals surface area contributed by atoms with E-state index in [1.54, 1.807) is 6.92 Å². The first-order chi connectivity index (χ1) is 9.47. The molecule has 2 aromatic rings. The van der Waals surface area contributed by atoms with Gasteiger partial charge in [-0.15, -0.1) is 10.2 Å². The van der Waals surface area contributed by atoms with E-state index in [0.717, 1.165) is 0 Å². The van der Waals surface area contributed by atoms with Crippen LogP contribution in [-0.2, 0) is 11.2 Å². The monoisotopic (exact) mass is 277 g/mol. The van der Waals surface area contributed by atoms with Crippen LogP contribution in [0.2, 0.25) is 0 Å². The summed E-state index contributed by atoms with van der Waals surface area (Å²) < 4.78 is 5.35. The first-order valence-electron chi connectivity index (χ1n) is 5.77. The van der Waals surface area contributed by atoms with Gasteiger partial charge in [-0.1, -0.05) is 0 Å². The van der Waals surface area contributed by atoms with Gasteiger partial charge in [-0.3, -0.25) is 14.9 Å². The highest BCUT2D eigenvalue weighted by Crippen LogP contribution is 2.26. The van der Waals surface area contributed by atoms with Crippen LogP contribution in [0.1, 0.15) is 17.9 Å². The van der Waals surface area contributed by atoms with Crippen molar-refractivity contribution >= 4 is 11.7 Å². The zero-order valence-electron chi connectivity index (χ0n) is 10.6. The van der Waals surface area contributed by atoms with E-state index in [2.05, 4.69) is 10.2 Å². The molecular formula is C12H11N3O5. The van der Waals surface area contributed by atoms with Gasteiger partial charge < -0.3 is 9.52 Å². The van der Waals surface area contributed by atoms with Gasteiger partial charge in [0.05, 0.1) is 11.3 Å². The predicted molar refractivity (Wildman–Crippen MR) is 67.1 cm³/mol. The molecule has 1 aromatic carbocycles. The molecule has 0 bridgehead atoms. The predicted octanol–water partition coefficient (Wildman–Crippen LogP) is 1.97. The van der Waals surface area contributed by atoms with E-state index in [4.69, 9.17) is 9.52 Å². The van der Waals surface area contributed by atoms with Crippen molar-refractivity contribution in [3.63, 3.8) is 0 Å². The number of hydrogen-bond donors (Lipinski definition) is 1. The lowest BCUT2D eigenvalue weighted by molar-refractivity contribution is -0.384. The number of carbonyl (C=O) groups is 1. The third-order valence-corrected chi connectivity index (χ3v) is 2.67. The van der Waals surface area contributed by atoms with Gasteiger partial charge in [0, 0.05) is 24.1 Å². The second kappa shape index (κ2) is 5.47. The highest BCUT2D eigenvalue weighted by Gasteiger charge is 2.14. The van der Waals surface area contributed by atoms with Crippen molar-refractivity contribution in [1.82, 2.24) is 10.2 Å². The molecule has 0 atom stereocenters. The Balaban J connectivity index is 2.23. The van der Waals surface area contributed by atoms with Crippen LogP contribution < -0.4 is 0 Å². The molecule has 0 saturated heterocycles. The Morgan fingerprint density at radius 3 is 2.80 bits per heavy atom. The van der Waals surface area contributed by atoms with E-state index >= 15 is 0 Å². The molecule has 1 heterocycles. The molecular weight excluding hydrogens is 266 g/mol. The van der Waals surface area contributed by atoms with Crippen molar-refractivity contribution < 1.29 is 19.2 Å². The third kappa shape index (κ3) is 2.97. The highest BCUT2D eigenvalue weighted by molar-refractivity contribution is 5.67. The fourth-order valence-corrected chi connectivity index (χ4v) is 1.68. The standard InChI is InChI=1S/C12H11N3O5/c1-7-6-8(15(18)19)2-3-9(7)12-14-13-10(20-12)4-5-11(16)17/h2-3,6H,4-5H2,1H3,(H,16,17). The van der Waals surface area contributed by atoms with Crippen molar-refractivity contribution in [1.29, 1.82) is 0 Å². The lowest BCUT2D eigenvalue weighted by atomic mass is 10.1. The average molecular weight is 277 g/mol. The van der Waals surface area contributed by atoms with Crippen LogP contribution in [0.4, 0.5) is 5.69 Å². The second-order valence-corrected chi connectivity index (χ2v) is 4.15. The molecule has 1 N–H and O–H groups in total. The number of rotatable bonds is 5. The van der Waals surface area contributed by atoms with E-state index in [9.17, 15) is 14.9 Å². The highest BCUT2D eigenvalue weighted by atomic mass is 16.6. The molecule has 0 fully saturated rings. The number of nitrogens with zero attached hydrogens (tertiary/aromatic N) is 3. The van der Waals surface area contributed by atoms with Gasteiger partial charge in [-0.2, -0.15) is 0 Å². The van der Waals surface area contributed by atoms with Gasteiger partial charge in [0.25, 0.3) is 5.69 Å². The number of nitro benzene ring substituents is 1. The van der Waals surface area contributed by atoms with Gasteiger partial charge in [0.2, 0.25) is 11.8 Å². The SMILES string of the molecule is Cc1cc([N+](=O)[O-])ccc1-c1nnc(CCC(=O)O)o1. The number of aliphatic carboxylic acids is 1. The number of nitro groups is 1. The summed E-state index contributed by atoms with van der Waals surface area (Å²) in [5, 5.41) is 26.8. The van der Waals surface area contributed by atoms with Crippen molar-refractivity contribution in [2.75, 3.05) is 0 Å². The van der Waals surface area contributed by atoms with Crippen molar-refractivity contribution in [2.45, 2.75) is 19.8 Å². The smallest absolute Gasteiger partial charge is 0.303 e. The molecule has 0 saturated carbocycles. The Kier molecular flexibility index (Phi) is 3.74. The van der Waals surface area contributed by atoms with Crippen LogP contribution in [0.5, 0.6) is 0 Å². The summed E-state index contributed by atoms with van der Waals surface area (Å²) in [7, 11) is 0. The van der Waals surface area contributed by atoms with Crippen LogP contribution in [0.15, 0.2) is 22.6 Å². The van der Waals surface area contributed by atoms with Crippen LogP contribution in [0.25, 0.3) is 11.5 Å². The first kappa shape index (κ1) is 13.7. The van der Waals surface area contributed by atoms with Gasteiger partial charge in [-0.25, -0.2) is 0 Å². The van der Waals surface area contributed by atoms with Crippen LogP contribution >= 0.6 is 0 Å². The lowest BCUT2D eigenvalue weighted by Crippen LogP contribution is -1.97. The molecule has 0 unspecified atom stereocenters. The molecule has 1 aromatic heterocycles. The van der Waals surface area contributed by atoms with Gasteiger partial charge in [-0.05, 0) is 18.6 Å². The van der Waals surface area contributed by atoms with Gasteiger partial charge in [0.1, 0.15) is 0 Å². The number of hydrogen-bond acceptors (Lipinski definition) is 6. The number of carboxylic acid groups (broad SMARTS) is 1. The Bertz CT molecular complexity index is 665. The van der Waals surface area contributed by atoms with E-state index in [0.29, 0.717) is 11.1 Å². The normalized spacial score (nSPS) is 10.4. The maximum atomic E-state index is 10.7. The van der Waals surface area contributed by atoms with Crippen LogP contribution in [-0.4, -0.2) is 26.2 Å². The zero-order valence-corrected chi connectivity index (χ0v) is 10.6. The number of carboxylic acids is 1.